The number of para-hydroxylation sites is 1. The Hall–Kier alpha value is -2.55. The molecule has 1 aromatic carbocycles. The Bertz CT molecular complexity index is 814. The van der Waals surface area contributed by atoms with Crippen LogP contribution in [0.15, 0.2) is 18.2 Å². The summed E-state index contributed by atoms with van der Waals surface area (Å²) in [6.45, 7) is 4.58. The molecule has 1 fully saturated rings. The molecule has 0 radical (unpaired) electrons. The number of hydrogen-bond donors (Lipinski definition) is 2. The van der Waals surface area contributed by atoms with Gasteiger partial charge in [0.15, 0.2) is 0 Å². The number of esters is 2. The molecule has 1 amide bonds. The van der Waals surface area contributed by atoms with Gasteiger partial charge in [-0.1, -0.05) is 25.0 Å². The molecule has 8 nitrogen and oxygen atoms in total. The fourth-order valence-corrected chi connectivity index (χ4v) is 3.63. The van der Waals surface area contributed by atoms with E-state index >= 15 is 0 Å². The molecule has 2 aliphatic rings. The van der Waals surface area contributed by atoms with Crippen molar-refractivity contribution in [2.75, 3.05) is 6.79 Å². The Morgan fingerprint density at radius 2 is 1.90 bits per heavy atom. The van der Waals surface area contributed by atoms with Gasteiger partial charge in [0.05, 0.1) is 11.4 Å². The minimum atomic E-state index is -1.28. The van der Waals surface area contributed by atoms with Crippen LogP contribution in [-0.2, 0) is 25.5 Å². The lowest BCUT2D eigenvalue weighted by molar-refractivity contribution is -0.161. The van der Waals surface area contributed by atoms with E-state index in [2.05, 4.69) is 5.32 Å². The highest BCUT2D eigenvalue weighted by Gasteiger charge is 2.39. The highest BCUT2D eigenvalue weighted by molar-refractivity contribution is 6.47. The zero-order chi connectivity index (χ0) is 21.9. The van der Waals surface area contributed by atoms with E-state index in [9.17, 15) is 19.4 Å². The second-order valence-corrected chi connectivity index (χ2v) is 8.83. The standard InChI is InChI=1S/C21H28BNO7/c1-21(2,3)20(26)29-12-28-19(25)15-10-6-9-14-11-16(22(27)30-17(14)15)23-18(24)13-7-4-5-8-13/h6,9-10,13,16,27H,4-5,7-8,11-12H2,1-3H3,(H,23,24)/t16-/m0/s1. The Morgan fingerprint density at radius 1 is 1.20 bits per heavy atom. The monoisotopic (exact) mass is 417 g/mol. The normalized spacial score (nSPS) is 18.9. The summed E-state index contributed by atoms with van der Waals surface area (Å²) in [6.07, 6.45) is 4.14. The predicted molar refractivity (Wildman–Crippen MR) is 108 cm³/mol. The van der Waals surface area contributed by atoms with Crippen molar-refractivity contribution in [3.05, 3.63) is 29.3 Å². The fraction of sp³-hybridized carbons (Fsp3) is 0.571. The number of rotatable bonds is 5. The van der Waals surface area contributed by atoms with Crippen molar-refractivity contribution in [2.45, 2.75) is 58.8 Å². The molecule has 0 aromatic heterocycles. The zero-order valence-electron chi connectivity index (χ0n) is 17.6. The van der Waals surface area contributed by atoms with Crippen molar-refractivity contribution in [1.82, 2.24) is 5.32 Å². The molecule has 3 rings (SSSR count). The maximum Gasteiger partial charge on any atom is 0.547 e. The molecule has 0 unspecified atom stereocenters. The van der Waals surface area contributed by atoms with Crippen LogP contribution in [0.1, 0.15) is 62.4 Å². The van der Waals surface area contributed by atoms with E-state index < -0.39 is 37.2 Å². The minimum Gasteiger partial charge on any atom is -0.534 e. The quantitative estimate of drug-likeness (QED) is 0.428. The average Bonchev–Trinajstić information content (AvgIpc) is 3.22. The van der Waals surface area contributed by atoms with Crippen LogP contribution in [0.4, 0.5) is 0 Å². The maximum atomic E-state index is 12.4. The van der Waals surface area contributed by atoms with Crippen molar-refractivity contribution in [3.63, 3.8) is 0 Å². The number of benzene rings is 1. The number of hydrogen-bond acceptors (Lipinski definition) is 7. The summed E-state index contributed by atoms with van der Waals surface area (Å²) in [5, 5.41) is 13.3. The third-order valence-electron chi connectivity index (χ3n) is 5.39. The molecule has 1 atom stereocenters. The van der Waals surface area contributed by atoms with Crippen molar-refractivity contribution in [1.29, 1.82) is 0 Å². The summed E-state index contributed by atoms with van der Waals surface area (Å²) >= 11 is 0. The molecule has 1 aliphatic carbocycles. The SMILES string of the molecule is CC(C)(C)C(=O)OCOC(=O)c1cccc2c1OB(O)[C@@H](NC(=O)C1CCCC1)C2. The highest BCUT2D eigenvalue weighted by atomic mass is 16.7. The molecule has 0 saturated heterocycles. The summed E-state index contributed by atoms with van der Waals surface area (Å²) in [4.78, 5) is 36.6. The van der Waals surface area contributed by atoms with Gasteiger partial charge in [0.1, 0.15) is 11.3 Å². The lowest BCUT2D eigenvalue weighted by Gasteiger charge is -2.29. The molecule has 0 spiro atoms. The van der Waals surface area contributed by atoms with E-state index in [-0.39, 0.29) is 23.1 Å². The number of nitrogens with one attached hydrogen (secondary N) is 1. The Labute approximate surface area is 176 Å². The fourth-order valence-electron chi connectivity index (χ4n) is 3.63. The first-order valence-electron chi connectivity index (χ1n) is 10.3. The molecule has 162 valence electrons. The Balaban J connectivity index is 1.63. The van der Waals surface area contributed by atoms with Crippen LogP contribution in [0, 0.1) is 11.3 Å². The van der Waals surface area contributed by atoms with Gasteiger partial charge >= 0.3 is 19.1 Å². The number of ether oxygens (including phenoxy) is 2. The van der Waals surface area contributed by atoms with Crippen LogP contribution in [0.5, 0.6) is 5.75 Å². The predicted octanol–water partition coefficient (Wildman–Crippen LogP) is 2.02. The zero-order valence-corrected chi connectivity index (χ0v) is 17.6. The molecule has 1 saturated carbocycles. The van der Waals surface area contributed by atoms with E-state index in [4.69, 9.17) is 14.1 Å². The molecule has 1 aromatic rings. The first kappa shape index (κ1) is 22.1. The van der Waals surface area contributed by atoms with Gasteiger partial charge in [-0.2, -0.15) is 0 Å². The van der Waals surface area contributed by atoms with Gasteiger partial charge in [-0.15, -0.1) is 0 Å². The Kier molecular flexibility index (Phi) is 6.70. The molecule has 0 bridgehead atoms. The van der Waals surface area contributed by atoms with Crippen molar-refractivity contribution in [3.8, 4) is 5.75 Å². The first-order valence-corrected chi connectivity index (χ1v) is 10.3. The molecular weight excluding hydrogens is 389 g/mol. The van der Waals surface area contributed by atoms with Crippen molar-refractivity contribution in [2.24, 2.45) is 11.3 Å². The smallest absolute Gasteiger partial charge is 0.534 e. The van der Waals surface area contributed by atoms with Crippen LogP contribution in [-0.4, -0.2) is 42.7 Å². The molecule has 2 N–H and O–H groups in total. The van der Waals surface area contributed by atoms with Crippen LogP contribution in [0.3, 0.4) is 0 Å². The lowest BCUT2D eigenvalue weighted by atomic mass is 9.72. The summed E-state index contributed by atoms with van der Waals surface area (Å²) in [7, 11) is -1.28. The second kappa shape index (κ2) is 9.08. The summed E-state index contributed by atoms with van der Waals surface area (Å²) < 4.78 is 15.6. The number of carbonyl (C=O) groups excluding carboxylic acids is 3. The van der Waals surface area contributed by atoms with Gasteiger partial charge in [0.25, 0.3) is 0 Å². The lowest BCUT2D eigenvalue weighted by Crippen LogP contribution is -2.54. The molecule has 1 heterocycles. The average molecular weight is 417 g/mol. The van der Waals surface area contributed by atoms with Crippen LogP contribution in [0.2, 0.25) is 0 Å². The summed E-state index contributed by atoms with van der Waals surface area (Å²) in [6, 6.07) is 4.96. The largest absolute Gasteiger partial charge is 0.547 e. The van der Waals surface area contributed by atoms with E-state index in [0.717, 1.165) is 25.7 Å². The minimum absolute atomic E-state index is 0.0179. The topological polar surface area (TPSA) is 111 Å². The molecular formula is C21H28BNO7. The van der Waals surface area contributed by atoms with Gasteiger partial charge < -0.3 is 24.5 Å². The summed E-state index contributed by atoms with van der Waals surface area (Å²) in [5.74, 6) is -1.68. The molecule has 9 heteroatoms. The van der Waals surface area contributed by atoms with E-state index in [1.54, 1.807) is 32.9 Å². The second-order valence-electron chi connectivity index (χ2n) is 8.83. The van der Waals surface area contributed by atoms with Gasteiger partial charge in [-0.05, 0) is 51.7 Å². The van der Waals surface area contributed by atoms with Gasteiger partial charge in [0.2, 0.25) is 12.7 Å². The van der Waals surface area contributed by atoms with Crippen LogP contribution in [0.25, 0.3) is 0 Å². The number of carbonyl (C=O) groups is 3. The third kappa shape index (κ3) is 5.13. The highest BCUT2D eigenvalue weighted by Crippen LogP contribution is 2.31. The summed E-state index contributed by atoms with van der Waals surface area (Å²) in [5.41, 5.74) is 0.0980. The van der Waals surface area contributed by atoms with Gasteiger partial charge in [0, 0.05) is 5.92 Å². The first-order chi connectivity index (χ1) is 14.2. The van der Waals surface area contributed by atoms with E-state index in [1.165, 1.54) is 6.07 Å². The molecule has 1 aliphatic heterocycles. The van der Waals surface area contributed by atoms with E-state index in [1.807, 2.05) is 0 Å². The van der Waals surface area contributed by atoms with E-state index in [0.29, 0.717) is 12.0 Å². The Morgan fingerprint density at radius 3 is 2.57 bits per heavy atom. The number of fused-ring (bicyclic) bond motifs is 1. The molecule has 30 heavy (non-hydrogen) atoms. The van der Waals surface area contributed by atoms with Crippen LogP contribution < -0.4 is 9.97 Å². The van der Waals surface area contributed by atoms with Crippen LogP contribution >= 0.6 is 0 Å². The van der Waals surface area contributed by atoms with Gasteiger partial charge in [-0.25, -0.2) is 4.79 Å². The maximum absolute atomic E-state index is 12.4. The van der Waals surface area contributed by atoms with Crippen molar-refractivity contribution < 1.29 is 33.5 Å². The number of amides is 1. The van der Waals surface area contributed by atoms with Crippen molar-refractivity contribution >= 4 is 25.0 Å². The van der Waals surface area contributed by atoms with Gasteiger partial charge in [-0.3, -0.25) is 9.59 Å². The third-order valence-corrected chi connectivity index (χ3v) is 5.39.